The number of pyridine rings is 1. The highest BCUT2D eigenvalue weighted by Gasteiger charge is 2.20. The van der Waals surface area contributed by atoms with E-state index in [0.29, 0.717) is 41.1 Å². The van der Waals surface area contributed by atoms with E-state index in [4.69, 9.17) is 4.98 Å². The molecule has 0 bridgehead atoms. The van der Waals surface area contributed by atoms with Crippen molar-refractivity contribution in [2.75, 3.05) is 27.2 Å². The quantitative estimate of drug-likeness (QED) is 0.487. The van der Waals surface area contributed by atoms with Crippen LogP contribution >= 0.6 is 0 Å². The molecule has 4 rings (SSSR count). The molecule has 0 aliphatic heterocycles. The molecule has 2 N–H and O–H groups in total. The number of imidazole rings is 1. The minimum absolute atomic E-state index is 0.249. The first-order valence-electron chi connectivity index (χ1n) is 10.2. The third-order valence-corrected chi connectivity index (χ3v) is 5.23. The second kappa shape index (κ2) is 8.76. The van der Waals surface area contributed by atoms with Crippen LogP contribution in [0.3, 0.4) is 0 Å². The van der Waals surface area contributed by atoms with Crippen LogP contribution in [0.1, 0.15) is 10.6 Å². The van der Waals surface area contributed by atoms with Gasteiger partial charge < -0.3 is 19.9 Å². The fraction of sp³-hybridized carbons (Fsp3) is 0.208. The highest BCUT2D eigenvalue weighted by Crippen LogP contribution is 2.35. The van der Waals surface area contributed by atoms with E-state index in [0.717, 1.165) is 5.56 Å². The molecule has 0 atom stereocenters. The molecule has 0 radical (unpaired) electrons. The molecule has 0 fully saturated rings. The second-order valence-electron chi connectivity index (χ2n) is 7.81. The lowest BCUT2D eigenvalue weighted by Crippen LogP contribution is -2.32. The summed E-state index contributed by atoms with van der Waals surface area (Å²) in [6.07, 6.45) is 0. The Balaban J connectivity index is 1.85. The van der Waals surface area contributed by atoms with E-state index in [2.05, 4.69) is 10.3 Å². The number of phenolic OH excluding ortho intramolecular Hbond substituents is 1. The largest absolute Gasteiger partial charge is 0.505 e. The molecule has 0 unspecified atom stereocenters. The lowest BCUT2D eigenvalue weighted by atomic mass is 9.99. The SMILES string of the molecule is CN(C)CCNC(=O)c1nc2nc(-c3ccccc3)c(-c3ccc(O)c(F)c3)cc2n1C. The van der Waals surface area contributed by atoms with Crippen LogP contribution in [0.2, 0.25) is 0 Å². The lowest BCUT2D eigenvalue weighted by Gasteiger charge is -2.11. The first kappa shape index (κ1) is 21.5. The van der Waals surface area contributed by atoms with E-state index in [1.807, 2.05) is 55.4 Å². The molecule has 2 aromatic carbocycles. The summed E-state index contributed by atoms with van der Waals surface area (Å²) in [6.45, 7) is 1.21. The average molecular weight is 433 g/mol. The highest BCUT2D eigenvalue weighted by atomic mass is 19.1. The smallest absolute Gasteiger partial charge is 0.287 e. The van der Waals surface area contributed by atoms with Gasteiger partial charge >= 0.3 is 0 Å². The van der Waals surface area contributed by atoms with E-state index in [1.54, 1.807) is 17.7 Å². The zero-order valence-corrected chi connectivity index (χ0v) is 18.1. The van der Waals surface area contributed by atoms with E-state index in [-0.39, 0.29) is 11.7 Å². The number of hydrogen-bond acceptors (Lipinski definition) is 5. The van der Waals surface area contributed by atoms with E-state index >= 15 is 0 Å². The second-order valence-corrected chi connectivity index (χ2v) is 7.81. The minimum Gasteiger partial charge on any atom is -0.505 e. The van der Waals surface area contributed by atoms with E-state index in [9.17, 15) is 14.3 Å². The number of fused-ring (bicyclic) bond motifs is 1. The first-order valence-corrected chi connectivity index (χ1v) is 10.2. The predicted molar refractivity (Wildman–Crippen MR) is 122 cm³/mol. The Bertz CT molecular complexity index is 1280. The Morgan fingerprint density at radius 3 is 2.53 bits per heavy atom. The minimum atomic E-state index is -0.715. The van der Waals surface area contributed by atoms with Crippen molar-refractivity contribution in [3.63, 3.8) is 0 Å². The summed E-state index contributed by atoms with van der Waals surface area (Å²) >= 11 is 0. The van der Waals surface area contributed by atoms with Gasteiger partial charge in [-0.15, -0.1) is 0 Å². The Morgan fingerprint density at radius 2 is 1.84 bits per heavy atom. The summed E-state index contributed by atoms with van der Waals surface area (Å²) in [5.41, 5.74) is 3.75. The zero-order chi connectivity index (χ0) is 22.8. The molecule has 32 heavy (non-hydrogen) atoms. The third-order valence-electron chi connectivity index (χ3n) is 5.23. The van der Waals surface area contributed by atoms with Crippen LogP contribution < -0.4 is 5.32 Å². The molecule has 0 saturated heterocycles. The number of phenols is 1. The van der Waals surface area contributed by atoms with Crippen molar-refractivity contribution in [2.45, 2.75) is 0 Å². The number of aromatic hydroxyl groups is 1. The average Bonchev–Trinajstić information content (AvgIpc) is 3.11. The number of nitrogens with one attached hydrogen (secondary N) is 1. The summed E-state index contributed by atoms with van der Waals surface area (Å²) in [4.78, 5) is 23.9. The van der Waals surface area contributed by atoms with Crippen LogP contribution in [0.4, 0.5) is 4.39 Å². The van der Waals surface area contributed by atoms with Gasteiger partial charge in [0.25, 0.3) is 5.91 Å². The topological polar surface area (TPSA) is 83.3 Å². The van der Waals surface area contributed by atoms with Gasteiger partial charge in [0.2, 0.25) is 5.82 Å². The predicted octanol–water partition coefficient (Wildman–Crippen LogP) is 3.44. The van der Waals surface area contributed by atoms with Gasteiger partial charge in [0.15, 0.2) is 17.2 Å². The van der Waals surface area contributed by atoms with Gasteiger partial charge in [-0.1, -0.05) is 36.4 Å². The maximum atomic E-state index is 14.1. The van der Waals surface area contributed by atoms with Gasteiger partial charge in [0.1, 0.15) is 0 Å². The fourth-order valence-electron chi connectivity index (χ4n) is 3.50. The molecule has 8 heteroatoms. The number of benzene rings is 2. The van der Waals surface area contributed by atoms with E-state index < -0.39 is 11.6 Å². The van der Waals surface area contributed by atoms with Crippen molar-refractivity contribution in [1.29, 1.82) is 0 Å². The molecule has 0 saturated carbocycles. The van der Waals surface area contributed by atoms with Gasteiger partial charge in [-0.3, -0.25) is 4.79 Å². The summed E-state index contributed by atoms with van der Waals surface area (Å²) in [5.74, 6) is -1.17. The number of carbonyl (C=O) groups is 1. The normalized spacial score (nSPS) is 11.3. The maximum absolute atomic E-state index is 14.1. The van der Waals surface area contributed by atoms with Crippen LogP contribution in [0.15, 0.2) is 54.6 Å². The monoisotopic (exact) mass is 433 g/mol. The van der Waals surface area contributed by atoms with Crippen molar-refractivity contribution in [2.24, 2.45) is 7.05 Å². The summed E-state index contributed by atoms with van der Waals surface area (Å²) in [5, 5.41) is 12.5. The van der Waals surface area contributed by atoms with Crippen LogP contribution in [-0.2, 0) is 7.05 Å². The number of likely N-dealkylation sites (N-methyl/N-ethyl adjacent to an activating group) is 1. The van der Waals surface area contributed by atoms with Gasteiger partial charge in [-0.05, 0) is 37.9 Å². The van der Waals surface area contributed by atoms with Gasteiger partial charge in [-0.2, -0.15) is 0 Å². The van der Waals surface area contributed by atoms with Crippen molar-refractivity contribution < 1.29 is 14.3 Å². The van der Waals surface area contributed by atoms with Crippen LogP contribution in [0.25, 0.3) is 33.5 Å². The number of nitrogens with zero attached hydrogens (tertiary/aromatic N) is 4. The number of aromatic nitrogens is 3. The Hall–Kier alpha value is -3.78. The fourth-order valence-corrected chi connectivity index (χ4v) is 3.50. The molecule has 2 heterocycles. The number of rotatable bonds is 6. The zero-order valence-electron chi connectivity index (χ0n) is 18.1. The van der Waals surface area contributed by atoms with E-state index in [1.165, 1.54) is 12.1 Å². The van der Waals surface area contributed by atoms with Crippen LogP contribution in [0, 0.1) is 5.82 Å². The Labute approximate surface area is 185 Å². The molecule has 164 valence electrons. The molecular weight excluding hydrogens is 409 g/mol. The molecule has 7 nitrogen and oxygen atoms in total. The molecule has 0 aliphatic rings. The number of carbonyl (C=O) groups excluding carboxylic acids is 1. The molecule has 0 spiro atoms. The summed E-state index contributed by atoms with van der Waals surface area (Å²) in [7, 11) is 5.62. The van der Waals surface area contributed by atoms with Crippen molar-refractivity contribution in [3.8, 4) is 28.1 Å². The van der Waals surface area contributed by atoms with Crippen LogP contribution in [-0.4, -0.2) is 57.6 Å². The first-order chi connectivity index (χ1) is 15.3. The summed E-state index contributed by atoms with van der Waals surface area (Å²) in [6, 6.07) is 15.6. The highest BCUT2D eigenvalue weighted by molar-refractivity contribution is 5.96. The number of aryl methyl sites for hydroxylation is 1. The van der Waals surface area contributed by atoms with Crippen molar-refractivity contribution in [1.82, 2.24) is 24.8 Å². The maximum Gasteiger partial charge on any atom is 0.287 e. The van der Waals surface area contributed by atoms with Crippen molar-refractivity contribution in [3.05, 3.63) is 66.2 Å². The van der Waals surface area contributed by atoms with Crippen molar-refractivity contribution >= 4 is 17.1 Å². The molecule has 1 amide bonds. The molecule has 0 aliphatic carbocycles. The molecule has 2 aromatic heterocycles. The Morgan fingerprint density at radius 1 is 1.09 bits per heavy atom. The lowest BCUT2D eigenvalue weighted by molar-refractivity contribution is 0.0938. The van der Waals surface area contributed by atoms with Gasteiger partial charge in [-0.25, -0.2) is 14.4 Å². The number of halogens is 1. The van der Waals surface area contributed by atoms with Gasteiger partial charge in [0.05, 0.1) is 11.2 Å². The summed E-state index contributed by atoms with van der Waals surface area (Å²) < 4.78 is 15.8. The number of hydrogen-bond donors (Lipinski definition) is 2. The molecular formula is C24H24FN5O2. The standard InChI is InChI=1S/C24H24FN5O2/c1-29(2)12-11-26-24(32)23-28-22-19(30(23)3)14-17(16-9-10-20(31)18(25)13-16)21(27-22)15-7-5-4-6-8-15/h4-10,13-14,31H,11-12H2,1-3H3,(H,26,32). The van der Waals surface area contributed by atoms with Crippen LogP contribution in [0.5, 0.6) is 5.75 Å². The van der Waals surface area contributed by atoms with Gasteiger partial charge in [0, 0.05) is 31.3 Å². The third kappa shape index (κ3) is 4.17. The Kier molecular flexibility index (Phi) is 5.87. The molecule has 4 aromatic rings. The number of amides is 1.